The van der Waals surface area contributed by atoms with Crippen LogP contribution >= 0.6 is 0 Å². The number of pyridine rings is 1. The summed E-state index contributed by atoms with van der Waals surface area (Å²) in [6.45, 7) is 0. The van der Waals surface area contributed by atoms with Gasteiger partial charge in [0.2, 0.25) is 0 Å². The van der Waals surface area contributed by atoms with Gasteiger partial charge in [-0.15, -0.1) is 0 Å². The Morgan fingerprint density at radius 3 is 2.58 bits per heavy atom. The van der Waals surface area contributed by atoms with E-state index in [1.807, 2.05) is 0 Å². The Morgan fingerprint density at radius 2 is 1.88 bits per heavy atom. The highest BCUT2D eigenvalue weighted by molar-refractivity contribution is 5.90. The lowest BCUT2D eigenvalue weighted by Gasteiger charge is -2.08. The van der Waals surface area contributed by atoms with Crippen LogP contribution in [0, 0.1) is 11.3 Å². The number of Topliss-reactive ketones (excluding diaryl/α,β-unsaturated/α-hetero) is 1. The monoisotopic (exact) mass is 450 g/mol. The number of carbonyl (C=O) groups is 1. The van der Waals surface area contributed by atoms with Crippen LogP contribution in [-0.2, 0) is 30.2 Å². The zero-order valence-corrected chi connectivity index (χ0v) is 17.2. The first kappa shape index (κ1) is 22.0. The minimum atomic E-state index is -4.49. The molecule has 0 fully saturated rings. The SMILES string of the molecule is N#CCc1cn2ncnc(N)c2c1-c1ccc(CC(=O)Cc2cc(C(F)(F)F)ccn2)cc1. The molecule has 2 N–H and O–H groups in total. The molecule has 33 heavy (non-hydrogen) atoms. The summed E-state index contributed by atoms with van der Waals surface area (Å²) >= 11 is 0. The summed E-state index contributed by atoms with van der Waals surface area (Å²) in [5, 5.41) is 13.3. The number of benzene rings is 1. The van der Waals surface area contributed by atoms with E-state index in [4.69, 9.17) is 5.73 Å². The minimum Gasteiger partial charge on any atom is -0.382 e. The van der Waals surface area contributed by atoms with Crippen molar-refractivity contribution >= 4 is 17.1 Å². The van der Waals surface area contributed by atoms with Gasteiger partial charge >= 0.3 is 6.18 Å². The topological polar surface area (TPSA) is 110 Å². The molecule has 0 unspecified atom stereocenters. The lowest BCUT2D eigenvalue weighted by molar-refractivity contribution is -0.137. The molecule has 0 aliphatic heterocycles. The maximum Gasteiger partial charge on any atom is 0.416 e. The summed E-state index contributed by atoms with van der Waals surface area (Å²) in [6.07, 6.45) is -0.375. The number of nitriles is 1. The molecule has 4 aromatic rings. The van der Waals surface area contributed by atoms with E-state index in [2.05, 4.69) is 21.1 Å². The summed E-state index contributed by atoms with van der Waals surface area (Å²) in [7, 11) is 0. The van der Waals surface area contributed by atoms with Crippen molar-refractivity contribution in [2.24, 2.45) is 0 Å². The number of aromatic nitrogens is 4. The summed E-state index contributed by atoms with van der Waals surface area (Å²) < 4.78 is 40.1. The predicted molar refractivity (Wildman–Crippen MR) is 114 cm³/mol. The van der Waals surface area contributed by atoms with Gasteiger partial charge in [-0.25, -0.2) is 9.50 Å². The fourth-order valence-electron chi connectivity index (χ4n) is 3.66. The number of ketones is 1. The molecule has 3 heterocycles. The first-order valence-corrected chi connectivity index (χ1v) is 9.87. The number of rotatable bonds is 6. The summed E-state index contributed by atoms with van der Waals surface area (Å²) in [6, 6.07) is 11.0. The Morgan fingerprint density at radius 1 is 1.12 bits per heavy atom. The van der Waals surface area contributed by atoms with Gasteiger partial charge in [-0.05, 0) is 28.8 Å². The molecule has 0 spiro atoms. The van der Waals surface area contributed by atoms with Crippen LogP contribution in [0.2, 0.25) is 0 Å². The van der Waals surface area contributed by atoms with Crippen LogP contribution in [0.4, 0.5) is 19.0 Å². The van der Waals surface area contributed by atoms with Crippen molar-refractivity contribution in [1.82, 2.24) is 19.6 Å². The van der Waals surface area contributed by atoms with E-state index in [0.29, 0.717) is 11.1 Å². The summed E-state index contributed by atoms with van der Waals surface area (Å²) in [5.74, 6) is 0.0173. The number of hydrogen-bond acceptors (Lipinski definition) is 6. The zero-order valence-electron chi connectivity index (χ0n) is 17.2. The van der Waals surface area contributed by atoms with Crippen LogP contribution in [0.1, 0.15) is 22.4 Å². The van der Waals surface area contributed by atoms with E-state index in [1.54, 1.807) is 35.0 Å². The second kappa shape index (κ2) is 8.70. The molecule has 0 radical (unpaired) electrons. The Labute approximate surface area is 186 Å². The molecule has 7 nitrogen and oxygen atoms in total. The number of alkyl halides is 3. The van der Waals surface area contributed by atoms with Gasteiger partial charge in [-0.3, -0.25) is 9.78 Å². The Kier molecular flexibility index (Phi) is 5.79. The van der Waals surface area contributed by atoms with Crippen LogP contribution in [-0.4, -0.2) is 25.4 Å². The van der Waals surface area contributed by atoms with Gasteiger partial charge in [0, 0.05) is 36.5 Å². The van der Waals surface area contributed by atoms with Crippen LogP contribution < -0.4 is 5.73 Å². The molecule has 3 aromatic heterocycles. The van der Waals surface area contributed by atoms with Crippen molar-refractivity contribution in [2.75, 3.05) is 5.73 Å². The Bertz CT molecular complexity index is 1370. The highest BCUT2D eigenvalue weighted by Crippen LogP contribution is 2.33. The highest BCUT2D eigenvalue weighted by atomic mass is 19.4. The normalized spacial score (nSPS) is 11.5. The molecule has 0 saturated carbocycles. The smallest absolute Gasteiger partial charge is 0.382 e. The van der Waals surface area contributed by atoms with Crippen molar-refractivity contribution in [3.05, 3.63) is 77.5 Å². The molecule has 0 saturated heterocycles. The molecule has 166 valence electrons. The molecule has 0 aliphatic rings. The van der Waals surface area contributed by atoms with Gasteiger partial charge < -0.3 is 5.73 Å². The molecular formula is C23H17F3N6O. The third-order valence-electron chi connectivity index (χ3n) is 5.12. The molecule has 0 amide bonds. The van der Waals surface area contributed by atoms with E-state index in [0.717, 1.165) is 35.0 Å². The molecule has 4 rings (SSSR count). The molecular weight excluding hydrogens is 433 g/mol. The largest absolute Gasteiger partial charge is 0.416 e. The van der Waals surface area contributed by atoms with Crippen LogP contribution in [0.25, 0.3) is 16.6 Å². The fraction of sp³-hybridized carbons (Fsp3) is 0.174. The van der Waals surface area contributed by atoms with E-state index in [1.165, 1.54) is 6.33 Å². The van der Waals surface area contributed by atoms with E-state index in [9.17, 15) is 23.2 Å². The van der Waals surface area contributed by atoms with Crippen molar-refractivity contribution < 1.29 is 18.0 Å². The number of nitrogens with two attached hydrogens (primary N) is 1. The first-order chi connectivity index (χ1) is 15.8. The van der Waals surface area contributed by atoms with E-state index in [-0.39, 0.29) is 36.6 Å². The molecule has 1 aromatic carbocycles. The second-order valence-electron chi connectivity index (χ2n) is 7.43. The number of fused-ring (bicyclic) bond motifs is 1. The van der Waals surface area contributed by atoms with Crippen LogP contribution in [0.5, 0.6) is 0 Å². The van der Waals surface area contributed by atoms with Gasteiger partial charge in [0.05, 0.1) is 18.1 Å². The fourth-order valence-corrected chi connectivity index (χ4v) is 3.66. The number of hydrogen-bond donors (Lipinski definition) is 1. The third-order valence-corrected chi connectivity index (χ3v) is 5.12. The van der Waals surface area contributed by atoms with Gasteiger partial charge in [-0.2, -0.15) is 23.5 Å². The first-order valence-electron chi connectivity index (χ1n) is 9.87. The quantitative estimate of drug-likeness (QED) is 0.478. The van der Waals surface area contributed by atoms with Crippen molar-refractivity contribution in [1.29, 1.82) is 5.26 Å². The average molecular weight is 450 g/mol. The zero-order chi connectivity index (χ0) is 23.6. The lowest BCUT2D eigenvalue weighted by Crippen LogP contribution is -2.10. The van der Waals surface area contributed by atoms with Crippen LogP contribution in [0.3, 0.4) is 0 Å². The predicted octanol–water partition coefficient (Wildman–Crippen LogP) is 3.81. The lowest BCUT2D eigenvalue weighted by atomic mass is 9.98. The van der Waals surface area contributed by atoms with Gasteiger partial charge in [-0.1, -0.05) is 24.3 Å². The van der Waals surface area contributed by atoms with Gasteiger partial charge in [0.25, 0.3) is 0 Å². The van der Waals surface area contributed by atoms with Gasteiger partial charge in [0.15, 0.2) is 5.82 Å². The van der Waals surface area contributed by atoms with Crippen molar-refractivity contribution in [3.63, 3.8) is 0 Å². The third kappa shape index (κ3) is 4.67. The highest BCUT2D eigenvalue weighted by Gasteiger charge is 2.30. The maximum absolute atomic E-state index is 12.9. The Balaban J connectivity index is 1.55. The van der Waals surface area contributed by atoms with Crippen molar-refractivity contribution in [3.8, 4) is 17.2 Å². The molecule has 0 aliphatic carbocycles. The second-order valence-corrected chi connectivity index (χ2v) is 7.43. The maximum atomic E-state index is 12.9. The molecule has 0 atom stereocenters. The minimum absolute atomic E-state index is 0.0466. The summed E-state index contributed by atoms with van der Waals surface area (Å²) in [5.41, 5.74) is 8.81. The van der Waals surface area contributed by atoms with Crippen molar-refractivity contribution in [2.45, 2.75) is 25.4 Å². The average Bonchev–Trinajstić information content (AvgIpc) is 3.13. The number of nitrogens with zero attached hydrogens (tertiary/aromatic N) is 5. The summed E-state index contributed by atoms with van der Waals surface area (Å²) in [4.78, 5) is 20.3. The van der Waals surface area contributed by atoms with E-state index >= 15 is 0 Å². The number of halogens is 3. The number of nitrogen functional groups attached to an aromatic ring is 1. The molecule has 0 bridgehead atoms. The standard InChI is InChI=1S/C23H17F3N6O/c24-23(25,26)17-6-8-29-18(10-17)11-19(33)9-14-1-3-15(4-2-14)20-16(5-7-27)12-32-21(20)22(28)30-13-31-32/h1-4,6,8,10,12-13H,5,9,11H2,(H2,28,30,31). The number of carbonyl (C=O) groups excluding carboxylic acids is 1. The molecule has 10 heteroatoms. The van der Waals surface area contributed by atoms with Gasteiger partial charge in [0.1, 0.15) is 17.6 Å². The number of anilines is 1. The van der Waals surface area contributed by atoms with E-state index < -0.39 is 11.7 Å². The Hall–Kier alpha value is -4.26. The van der Waals surface area contributed by atoms with Crippen LogP contribution in [0.15, 0.2) is 55.1 Å².